The van der Waals surface area contributed by atoms with Crippen molar-refractivity contribution in [3.05, 3.63) is 53.2 Å². The van der Waals surface area contributed by atoms with Gasteiger partial charge in [0.25, 0.3) is 0 Å². The van der Waals surface area contributed by atoms with Crippen LogP contribution in [0.25, 0.3) is 10.9 Å². The lowest BCUT2D eigenvalue weighted by Crippen LogP contribution is -2.11. The molecule has 1 aromatic carbocycles. The van der Waals surface area contributed by atoms with Crippen LogP contribution in [-0.2, 0) is 11.2 Å². The molecule has 1 aromatic heterocycles. The smallest absolute Gasteiger partial charge is 0.339 e. The predicted molar refractivity (Wildman–Crippen MR) is 81.0 cm³/mol. The minimum absolute atomic E-state index is 0.283. The normalized spacial score (nSPS) is 11.2. The van der Waals surface area contributed by atoms with Gasteiger partial charge in [-0.3, -0.25) is 4.98 Å². The number of carbonyl (C=O) groups excluding carboxylic acids is 1. The number of rotatable bonds is 4. The van der Waals surface area contributed by atoms with Crippen molar-refractivity contribution in [2.24, 2.45) is 0 Å². The Morgan fingerprint density at radius 3 is 2.80 bits per heavy atom. The van der Waals surface area contributed by atoms with Crippen molar-refractivity contribution in [3.8, 4) is 0 Å². The number of fused-ring (bicyclic) bond motifs is 1. The molecule has 0 spiro atoms. The Balaban J connectivity index is 2.54. The highest BCUT2D eigenvalue weighted by atomic mass is 16.5. The highest BCUT2D eigenvalue weighted by Crippen LogP contribution is 2.24. The number of aryl methyl sites for hydroxylation is 1. The molecule has 2 aromatic rings. The quantitative estimate of drug-likeness (QED) is 0.625. The van der Waals surface area contributed by atoms with Gasteiger partial charge in [0.05, 0.1) is 11.1 Å². The van der Waals surface area contributed by atoms with E-state index in [0.29, 0.717) is 12.2 Å². The summed E-state index contributed by atoms with van der Waals surface area (Å²) in [5, 5.41) is 0.854. The fourth-order valence-electron chi connectivity index (χ4n) is 2.26. The number of nitrogens with zero attached hydrogens (tertiary/aromatic N) is 1. The average molecular weight is 269 g/mol. The van der Waals surface area contributed by atoms with Crippen molar-refractivity contribution in [1.29, 1.82) is 0 Å². The maximum atomic E-state index is 12.3. The van der Waals surface area contributed by atoms with Gasteiger partial charge in [-0.25, -0.2) is 4.79 Å². The molecule has 0 atom stereocenters. The molecule has 0 bridgehead atoms. The van der Waals surface area contributed by atoms with Crippen LogP contribution in [-0.4, -0.2) is 17.6 Å². The van der Waals surface area contributed by atoms with Crippen molar-refractivity contribution in [2.75, 3.05) is 6.61 Å². The molecule has 104 valence electrons. The number of allylic oxidation sites excluding steroid dienone is 1. The third-order valence-corrected chi connectivity index (χ3v) is 3.32. The molecular weight excluding hydrogens is 250 g/mol. The summed E-state index contributed by atoms with van der Waals surface area (Å²) >= 11 is 0. The molecule has 0 aliphatic rings. The molecule has 0 saturated carbocycles. The largest absolute Gasteiger partial charge is 0.458 e. The van der Waals surface area contributed by atoms with Gasteiger partial charge in [-0.2, -0.15) is 0 Å². The second kappa shape index (κ2) is 6.33. The Bertz CT molecular complexity index is 659. The molecule has 0 radical (unpaired) electrons. The molecule has 0 aliphatic heterocycles. The zero-order chi connectivity index (χ0) is 14.5. The molecule has 2 rings (SSSR count). The molecule has 20 heavy (non-hydrogen) atoms. The van der Waals surface area contributed by atoms with Gasteiger partial charge >= 0.3 is 5.97 Å². The van der Waals surface area contributed by atoms with Crippen LogP contribution in [0.4, 0.5) is 0 Å². The van der Waals surface area contributed by atoms with Crippen LogP contribution in [0, 0.1) is 6.92 Å². The van der Waals surface area contributed by atoms with E-state index in [9.17, 15) is 4.79 Å². The van der Waals surface area contributed by atoms with E-state index in [2.05, 4.69) is 4.98 Å². The third kappa shape index (κ3) is 2.72. The first kappa shape index (κ1) is 14.3. The van der Waals surface area contributed by atoms with E-state index in [1.165, 1.54) is 0 Å². The van der Waals surface area contributed by atoms with Crippen LogP contribution in [0.2, 0.25) is 0 Å². The van der Waals surface area contributed by atoms with Crippen molar-refractivity contribution in [2.45, 2.75) is 27.2 Å². The predicted octanol–water partition coefficient (Wildman–Crippen LogP) is 3.84. The Morgan fingerprint density at radius 2 is 2.10 bits per heavy atom. The van der Waals surface area contributed by atoms with Gasteiger partial charge in [-0.15, -0.1) is 0 Å². The van der Waals surface area contributed by atoms with E-state index in [-0.39, 0.29) is 5.97 Å². The molecule has 0 unspecified atom stereocenters. The van der Waals surface area contributed by atoms with Gasteiger partial charge in [-0.05, 0) is 31.9 Å². The van der Waals surface area contributed by atoms with Crippen LogP contribution in [0.5, 0.6) is 0 Å². The average Bonchev–Trinajstić information content (AvgIpc) is 2.46. The lowest BCUT2D eigenvalue weighted by Gasteiger charge is -2.12. The second-order valence-corrected chi connectivity index (χ2v) is 4.60. The molecule has 0 saturated heterocycles. The molecule has 0 aliphatic carbocycles. The lowest BCUT2D eigenvalue weighted by molar-refractivity contribution is 0.0550. The summed E-state index contributed by atoms with van der Waals surface area (Å²) in [6.07, 6.45) is 4.48. The Labute approximate surface area is 119 Å². The molecule has 0 N–H and O–H groups in total. The fourth-order valence-corrected chi connectivity index (χ4v) is 2.26. The summed E-state index contributed by atoms with van der Waals surface area (Å²) in [4.78, 5) is 16.9. The van der Waals surface area contributed by atoms with Crippen molar-refractivity contribution in [1.82, 2.24) is 4.98 Å². The summed E-state index contributed by atoms with van der Waals surface area (Å²) in [6, 6.07) is 7.69. The molecule has 3 nitrogen and oxygen atoms in total. The maximum absolute atomic E-state index is 12.3. The van der Waals surface area contributed by atoms with E-state index in [1.54, 1.807) is 0 Å². The van der Waals surface area contributed by atoms with Gasteiger partial charge in [0.2, 0.25) is 0 Å². The monoisotopic (exact) mass is 269 g/mol. The standard InChI is InChI=1S/C17H19NO2/c1-4-6-11-20-17(19)16-12(3)14(5-2)18-15-10-8-7-9-13(15)16/h4,6-10H,5,11H2,1-3H3/b6-4+. The summed E-state index contributed by atoms with van der Waals surface area (Å²) in [7, 11) is 0. The van der Waals surface area contributed by atoms with Crippen LogP contribution >= 0.6 is 0 Å². The number of pyridine rings is 1. The van der Waals surface area contributed by atoms with Gasteiger partial charge in [0, 0.05) is 11.1 Å². The minimum Gasteiger partial charge on any atom is -0.458 e. The minimum atomic E-state index is -0.283. The van der Waals surface area contributed by atoms with E-state index in [4.69, 9.17) is 4.74 Å². The Kier molecular flexibility index (Phi) is 4.51. The van der Waals surface area contributed by atoms with Crippen molar-refractivity contribution in [3.63, 3.8) is 0 Å². The fraction of sp³-hybridized carbons (Fsp3) is 0.294. The first-order chi connectivity index (χ1) is 9.69. The highest BCUT2D eigenvalue weighted by molar-refractivity contribution is 6.05. The molecule has 3 heteroatoms. The molecule has 0 amide bonds. The summed E-state index contributed by atoms with van der Waals surface area (Å²) in [5.41, 5.74) is 3.34. The Hall–Kier alpha value is -2.16. The third-order valence-electron chi connectivity index (χ3n) is 3.32. The lowest BCUT2D eigenvalue weighted by atomic mass is 10.0. The zero-order valence-corrected chi connectivity index (χ0v) is 12.1. The number of aromatic nitrogens is 1. The highest BCUT2D eigenvalue weighted by Gasteiger charge is 2.17. The van der Waals surface area contributed by atoms with Crippen molar-refractivity contribution >= 4 is 16.9 Å². The Morgan fingerprint density at radius 1 is 1.35 bits per heavy atom. The van der Waals surface area contributed by atoms with Crippen LogP contribution in [0.1, 0.15) is 35.5 Å². The molecule has 0 fully saturated rings. The van der Waals surface area contributed by atoms with Crippen molar-refractivity contribution < 1.29 is 9.53 Å². The zero-order valence-electron chi connectivity index (χ0n) is 12.1. The van der Waals surface area contributed by atoms with Crippen LogP contribution < -0.4 is 0 Å². The number of esters is 1. The van der Waals surface area contributed by atoms with E-state index in [1.807, 2.05) is 57.2 Å². The molecular formula is C17H19NO2. The summed E-state index contributed by atoms with van der Waals surface area (Å²) in [6.45, 7) is 6.17. The topological polar surface area (TPSA) is 39.2 Å². The SMILES string of the molecule is C/C=C/COC(=O)c1c(C)c(CC)nc2ccccc12. The van der Waals surface area contributed by atoms with Crippen LogP contribution in [0.3, 0.4) is 0 Å². The van der Waals surface area contributed by atoms with Gasteiger partial charge in [-0.1, -0.05) is 37.3 Å². The number of hydrogen-bond acceptors (Lipinski definition) is 3. The number of para-hydroxylation sites is 1. The van der Waals surface area contributed by atoms with Gasteiger partial charge in [0.1, 0.15) is 6.61 Å². The summed E-state index contributed by atoms with van der Waals surface area (Å²) < 4.78 is 5.30. The van der Waals surface area contributed by atoms with Gasteiger partial charge in [0.15, 0.2) is 0 Å². The first-order valence-electron chi connectivity index (χ1n) is 6.85. The first-order valence-corrected chi connectivity index (χ1v) is 6.85. The van der Waals surface area contributed by atoms with E-state index >= 15 is 0 Å². The number of carbonyl (C=O) groups is 1. The maximum Gasteiger partial charge on any atom is 0.339 e. The summed E-state index contributed by atoms with van der Waals surface area (Å²) in [5.74, 6) is -0.283. The van der Waals surface area contributed by atoms with E-state index < -0.39 is 0 Å². The van der Waals surface area contributed by atoms with Crippen LogP contribution in [0.15, 0.2) is 36.4 Å². The number of ether oxygens (including phenoxy) is 1. The van der Waals surface area contributed by atoms with Gasteiger partial charge < -0.3 is 4.74 Å². The second-order valence-electron chi connectivity index (χ2n) is 4.60. The number of benzene rings is 1. The number of hydrogen-bond donors (Lipinski definition) is 0. The molecule has 1 heterocycles. The van der Waals surface area contributed by atoms with E-state index in [0.717, 1.165) is 28.6 Å².